The van der Waals surface area contributed by atoms with Gasteiger partial charge in [-0.25, -0.2) is 0 Å². The Morgan fingerprint density at radius 1 is 0.632 bits per heavy atom. The average Bonchev–Trinajstić information content (AvgIpc) is 3.30. The van der Waals surface area contributed by atoms with Gasteiger partial charge in [0.25, 0.3) is 0 Å². The number of carbonyl (C=O) groups is 1. The molecule has 38 heavy (non-hydrogen) atoms. The summed E-state index contributed by atoms with van der Waals surface area (Å²) in [5.74, 6) is -0.270. The van der Waals surface area contributed by atoms with E-state index in [4.69, 9.17) is 5.73 Å². The minimum absolute atomic E-state index is 0. The van der Waals surface area contributed by atoms with Crippen LogP contribution in [-0.4, -0.2) is 15.4 Å². The summed E-state index contributed by atoms with van der Waals surface area (Å²) in [5.41, 5.74) is 6.83. The summed E-state index contributed by atoms with van der Waals surface area (Å²) in [4.78, 5) is 10.5. The van der Waals surface area contributed by atoms with Gasteiger partial charge < -0.3 is 35.3 Å². The van der Waals surface area contributed by atoms with Crippen LogP contribution in [0.5, 0.6) is 0 Å². The normalized spacial score (nSPS) is 12.3. The minimum atomic E-state index is -0.352. The number of rotatable bonds is 3. The molecule has 6 rings (SSSR count). The van der Waals surface area contributed by atoms with Gasteiger partial charge in [-0.15, -0.1) is 39.7 Å². The first-order chi connectivity index (χ1) is 17.2. The van der Waals surface area contributed by atoms with E-state index in [2.05, 4.69) is 115 Å². The molecule has 1 amide bonds. The van der Waals surface area contributed by atoms with Crippen molar-refractivity contribution in [3.63, 3.8) is 0 Å². The third kappa shape index (κ3) is 10.2. The number of fused-ring (bicyclic) bond motifs is 3. The Kier molecular flexibility index (Phi) is 16.3. The second-order valence-corrected chi connectivity index (χ2v) is 10.3. The van der Waals surface area contributed by atoms with Crippen LogP contribution in [0.2, 0.25) is 0 Å². The first-order valence-electron chi connectivity index (χ1n) is 12.4. The standard InChI is InChI=1S/C13H9.C12H10Si.C7H13NO.2ClH.Hf/c1-3-7-12-10(5-1)9-11-6-2-4-8-13(11)12;1-3-7-11(8-4-1)13-12-9-5-2-6-10-12;8-7(9)6-4-2-1-3-5-6;;;/h1-9H;1-10H;6H,1-5H2,(H2,8,9);2*1H;/q-1;;;;;+4/p-3. The second kappa shape index (κ2) is 18.2. The molecule has 1 aliphatic carbocycles. The molecule has 6 heteroatoms. The van der Waals surface area contributed by atoms with E-state index in [0.29, 0.717) is 0 Å². The first kappa shape index (κ1) is 33.9. The minimum Gasteiger partial charge on any atom is -1.00 e. The molecule has 1 N–H and O–H groups in total. The maximum absolute atomic E-state index is 10.5. The van der Waals surface area contributed by atoms with E-state index in [1.807, 2.05) is 0 Å². The Morgan fingerprint density at radius 2 is 1.03 bits per heavy atom. The fourth-order valence-corrected chi connectivity index (χ4v) is 5.53. The number of hydrogen-bond acceptors (Lipinski definition) is 1. The molecule has 0 aliphatic heterocycles. The van der Waals surface area contributed by atoms with Gasteiger partial charge in [0.15, 0.2) is 0 Å². The van der Waals surface area contributed by atoms with Crippen molar-refractivity contribution in [2.75, 3.05) is 0 Å². The number of nitrogens with one attached hydrogen (secondary N) is 1. The molecule has 5 aromatic rings. The molecule has 1 aliphatic rings. The van der Waals surface area contributed by atoms with E-state index >= 15 is 0 Å². The molecular formula is C32H31Cl2HfNOSi. The summed E-state index contributed by atoms with van der Waals surface area (Å²) in [6, 6.07) is 40.4. The molecule has 0 atom stereocenters. The summed E-state index contributed by atoms with van der Waals surface area (Å²) in [5, 5.41) is 8.19. The Labute approximate surface area is 260 Å². The predicted octanol–water partition coefficient (Wildman–Crippen LogP) is 1.20. The molecule has 0 aromatic heterocycles. The number of hydrogen-bond donors (Lipinski definition) is 0. The average molecular weight is 723 g/mol. The molecule has 2 radical (unpaired) electrons. The van der Waals surface area contributed by atoms with Crippen LogP contribution in [0.15, 0.2) is 115 Å². The first-order valence-corrected chi connectivity index (χ1v) is 13.4. The smallest absolute Gasteiger partial charge is 1.00 e. The van der Waals surface area contributed by atoms with Crippen LogP contribution in [-0.2, 0) is 30.6 Å². The van der Waals surface area contributed by atoms with Crippen LogP contribution >= 0.6 is 0 Å². The Morgan fingerprint density at radius 3 is 1.42 bits per heavy atom. The molecule has 0 heterocycles. The van der Waals surface area contributed by atoms with Crippen molar-refractivity contribution in [3.8, 4) is 0 Å². The molecule has 5 aromatic carbocycles. The van der Waals surface area contributed by atoms with Gasteiger partial charge in [0.05, 0.1) is 5.91 Å². The quantitative estimate of drug-likeness (QED) is 0.204. The molecule has 0 bridgehead atoms. The van der Waals surface area contributed by atoms with Crippen molar-refractivity contribution in [1.29, 1.82) is 0 Å². The van der Waals surface area contributed by atoms with E-state index in [0.717, 1.165) is 35.2 Å². The number of amides is 1. The van der Waals surface area contributed by atoms with Gasteiger partial charge in [-0.2, -0.15) is 0 Å². The largest absolute Gasteiger partial charge is 4.00 e. The SMILES string of the molecule is [Cl-].[Cl-].[Hf+4].[NH-]C(=O)C1CCCCC1.c1ccc([Si]c2ccccc2)cc1.c1ccc2c(c1)[cH-]c1ccccc12. The maximum Gasteiger partial charge on any atom is 4.00 e. The van der Waals surface area contributed by atoms with E-state index in [1.54, 1.807) is 0 Å². The van der Waals surface area contributed by atoms with Gasteiger partial charge in [-0.1, -0.05) is 127 Å². The van der Waals surface area contributed by atoms with Crippen LogP contribution in [0.25, 0.3) is 27.3 Å². The van der Waals surface area contributed by atoms with Crippen LogP contribution in [0.1, 0.15) is 32.1 Å². The third-order valence-corrected chi connectivity index (χ3v) is 7.58. The molecule has 2 nitrogen and oxygen atoms in total. The van der Waals surface area contributed by atoms with Crippen molar-refractivity contribution in [1.82, 2.24) is 0 Å². The summed E-state index contributed by atoms with van der Waals surface area (Å²) in [6.07, 6.45) is 5.47. The molecule has 1 fully saturated rings. The molecule has 1 saturated carbocycles. The second-order valence-electron chi connectivity index (χ2n) is 8.88. The van der Waals surface area contributed by atoms with E-state index in [-0.39, 0.29) is 62.5 Å². The van der Waals surface area contributed by atoms with Crippen molar-refractivity contribution in [2.24, 2.45) is 5.92 Å². The summed E-state index contributed by atoms with van der Waals surface area (Å²) < 4.78 is 0. The number of carbonyl (C=O) groups excluding carboxylic acids is 1. The Bertz CT molecular complexity index is 1250. The van der Waals surface area contributed by atoms with Gasteiger partial charge in [-0.05, 0) is 12.8 Å². The van der Waals surface area contributed by atoms with Gasteiger partial charge >= 0.3 is 25.8 Å². The van der Waals surface area contributed by atoms with Crippen LogP contribution in [0.3, 0.4) is 0 Å². The van der Waals surface area contributed by atoms with Crippen LogP contribution < -0.4 is 35.2 Å². The number of halogens is 2. The molecule has 0 unspecified atom stereocenters. The van der Waals surface area contributed by atoms with Crippen molar-refractivity contribution in [3.05, 3.63) is 121 Å². The Balaban J connectivity index is 0.000000279. The van der Waals surface area contributed by atoms with E-state index in [9.17, 15) is 4.79 Å². The topological polar surface area (TPSA) is 40.9 Å². The fourth-order valence-electron chi connectivity index (χ4n) is 4.48. The van der Waals surface area contributed by atoms with Gasteiger partial charge in [0.1, 0.15) is 9.52 Å². The summed E-state index contributed by atoms with van der Waals surface area (Å²) >= 11 is 0. The zero-order chi connectivity index (χ0) is 24.3. The predicted molar refractivity (Wildman–Crippen MR) is 151 cm³/mol. The van der Waals surface area contributed by atoms with Crippen molar-refractivity contribution >= 4 is 47.3 Å². The number of benzene rings is 4. The van der Waals surface area contributed by atoms with Gasteiger partial charge in [-0.3, -0.25) is 0 Å². The van der Waals surface area contributed by atoms with Crippen molar-refractivity contribution < 1.29 is 55.5 Å². The van der Waals surface area contributed by atoms with E-state index < -0.39 is 0 Å². The molecular weight excluding hydrogens is 692 g/mol. The van der Waals surface area contributed by atoms with Crippen LogP contribution in [0, 0.1) is 5.92 Å². The van der Waals surface area contributed by atoms with E-state index in [1.165, 1.54) is 38.3 Å². The maximum atomic E-state index is 10.5. The summed E-state index contributed by atoms with van der Waals surface area (Å²) in [6.45, 7) is 0. The fraction of sp³-hybridized carbons (Fsp3) is 0.188. The zero-order valence-corrected chi connectivity index (χ0v) is 27.4. The van der Waals surface area contributed by atoms with Gasteiger partial charge in [0, 0.05) is 5.92 Å². The van der Waals surface area contributed by atoms with Gasteiger partial charge in [0.2, 0.25) is 0 Å². The van der Waals surface area contributed by atoms with Crippen LogP contribution in [0.4, 0.5) is 0 Å². The molecule has 0 saturated heterocycles. The molecule has 192 valence electrons. The zero-order valence-electron chi connectivity index (χ0n) is 21.2. The molecule has 0 spiro atoms. The Hall–Kier alpha value is -2.11. The monoisotopic (exact) mass is 723 g/mol. The third-order valence-electron chi connectivity index (χ3n) is 6.33. The van der Waals surface area contributed by atoms with Crippen molar-refractivity contribution in [2.45, 2.75) is 32.1 Å². The summed E-state index contributed by atoms with van der Waals surface area (Å²) in [7, 11) is 0.777.